The van der Waals surface area contributed by atoms with Crippen LogP contribution in [-0.2, 0) is 0 Å². The molecule has 0 bridgehead atoms. The number of ketones is 1. The minimum Gasteiger partial charge on any atom is -1.00 e. The van der Waals surface area contributed by atoms with Crippen LogP contribution < -0.4 is 33.2 Å². The van der Waals surface area contributed by atoms with E-state index in [4.69, 9.17) is 4.74 Å². The van der Waals surface area contributed by atoms with Crippen molar-refractivity contribution >= 4 is 11.5 Å². The van der Waals surface area contributed by atoms with Crippen LogP contribution in [0.1, 0.15) is 17.3 Å². The number of carbonyl (C=O) groups excluding carboxylic acids is 1. The summed E-state index contributed by atoms with van der Waals surface area (Å²) < 4.78 is 6.13. The minimum absolute atomic E-state index is 0. The zero-order valence-electron chi connectivity index (χ0n) is 9.95. The fourth-order valence-electron chi connectivity index (χ4n) is 1.69. The quantitative estimate of drug-likeness (QED) is 0.479. The van der Waals surface area contributed by atoms with E-state index >= 15 is 0 Å². The van der Waals surface area contributed by atoms with Gasteiger partial charge in [0.25, 0.3) is 0 Å². The van der Waals surface area contributed by atoms with Crippen molar-refractivity contribution in [3.63, 3.8) is 0 Å². The minimum atomic E-state index is -0.331. The molecular weight excluding hydrogens is 317 g/mol. The summed E-state index contributed by atoms with van der Waals surface area (Å²) in [7, 11) is 6.22. The standard InChI is InChI=1S/C12H16NO2.HI/c1-8-12(14)10-7-9(13(2,3)4)5-6-11(10)15-8;/h5-8H,1-4H3;1H/q+1;/p-1. The molecule has 0 amide bonds. The number of fused-ring (bicyclic) bond motifs is 1. The van der Waals surface area contributed by atoms with E-state index in [0.717, 1.165) is 5.69 Å². The van der Waals surface area contributed by atoms with Gasteiger partial charge in [0.05, 0.1) is 26.7 Å². The lowest BCUT2D eigenvalue weighted by Gasteiger charge is -2.23. The summed E-state index contributed by atoms with van der Waals surface area (Å²) in [5.41, 5.74) is 1.83. The van der Waals surface area contributed by atoms with Gasteiger partial charge in [-0.25, -0.2) is 0 Å². The lowest BCUT2D eigenvalue weighted by Crippen LogP contribution is -3.00. The molecule has 0 aromatic heterocycles. The van der Waals surface area contributed by atoms with Gasteiger partial charge in [-0.2, -0.15) is 0 Å². The number of benzene rings is 1. The molecule has 1 unspecified atom stereocenters. The molecule has 1 aliphatic heterocycles. The molecule has 0 aliphatic carbocycles. The first kappa shape index (κ1) is 13.4. The van der Waals surface area contributed by atoms with Crippen LogP contribution >= 0.6 is 0 Å². The first-order valence-corrected chi connectivity index (χ1v) is 5.06. The maximum Gasteiger partial charge on any atom is 0.206 e. The Morgan fingerprint density at radius 1 is 1.25 bits per heavy atom. The Balaban J connectivity index is 0.00000128. The largest absolute Gasteiger partial charge is 1.00 e. The molecule has 0 saturated heterocycles. The van der Waals surface area contributed by atoms with Crippen molar-refractivity contribution < 1.29 is 33.5 Å². The molecule has 1 atom stereocenters. The Morgan fingerprint density at radius 2 is 1.88 bits per heavy atom. The number of Topliss-reactive ketones (excluding diaryl/α,β-unsaturated/α-hetero) is 1. The lowest BCUT2D eigenvalue weighted by atomic mass is 10.1. The maximum atomic E-state index is 11.7. The Bertz CT molecular complexity index is 424. The van der Waals surface area contributed by atoms with Gasteiger partial charge in [0, 0.05) is 12.1 Å². The molecule has 3 nitrogen and oxygen atoms in total. The molecule has 1 heterocycles. The van der Waals surface area contributed by atoms with Crippen molar-refractivity contribution in [2.24, 2.45) is 0 Å². The summed E-state index contributed by atoms with van der Waals surface area (Å²) in [6, 6.07) is 5.82. The number of carbonyl (C=O) groups is 1. The summed E-state index contributed by atoms with van der Waals surface area (Å²) in [5, 5.41) is 0. The monoisotopic (exact) mass is 333 g/mol. The summed E-state index contributed by atoms with van der Waals surface area (Å²) in [5.74, 6) is 0.796. The Morgan fingerprint density at radius 3 is 2.44 bits per heavy atom. The van der Waals surface area contributed by atoms with Gasteiger partial charge in [0.2, 0.25) is 5.78 Å². The van der Waals surface area contributed by atoms with Crippen molar-refractivity contribution in [2.75, 3.05) is 21.1 Å². The number of halogens is 1. The highest BCUT2D eigenvalue weighted by Gasteiger charge is 2.30. The van der Waals surface area contributed by atoms with Gasteiger partial charge in [0.15, 0.2) is 6.10 Å². The van der Waals surface area contributed by atoms with Gasteiger partial charge in [-0.3, -0.25) is 9.28 Å². The van der Waals surface area contributed by atoms with E-state index in [1.54, 1.807) is 6.92 Å². The van der Waals surface area contributed by atoms with Crippen LogP contribution in [0.5, 0.6) is 5.75 Å². The highest BCUT2D eigenvalue weighted by molar-refractivity contribution is 6.04. The highest BCUT2D eigenvalue weighted by Crippen LogP contribution is 2.32. The Labute approximate surface area is 113 Å². The molecule has 0 fully saturated rings. The second-order valence-corrected chi connectivity index (χ2v) is 4.82. The smallest absolute Gasteiger partial charge is 0.206 e. The molecule has 0 saturated carbocycles. The van der Waals surface area contributed by atoms with Crippen molar-refractivity contribution in [3.8, 4) is 5.75 Å². The lowest BCUT2D eigenvalue weighted by molar-refractivity contribution is -0.0000109. The van der Waals surface area contributed by atoms with E-state index < -0.39 is 0 Å². The summed E-state index contributed by atoms with van der Waals surface area (Å²) in [6.45, 7) is 1.79. The topological polar surface area (TPSA) is 26.3 Å². The third kappa shape index (κ3) is 2.22. The number of rotatable bonds is 1. The first-order valence-electron chi connectivity index (χ1n) is 5.06. The molecule has 16 heavy (non-hydrogen) atoms. The third-order valence-corrected chi connectivity index (χ3v) is 2.68. The van der Waals surface area contributed by atoms with E-state index in [1.165, 1.54) is 0 Å². The van der Waals surface area contributed by atoms with Gasteiger partial charge in [-0.15, -0.1) is 0 Å². The molecule has 1 aromatic carbocycles. The number of hydrogen-bond donors (Lipinski definition) is 0. The fourth-order valence-corrected chi connectivity index (χ4v) is 1.69. The van der Waals surface area contributed by atoms with Crippen LogP contribution in [0.25, 0.3) is 0 Å². The zero-order chi connectivity index (χ0) is 11.2. The Kier molecular flexibility index (Phi) is 3.64. The van der Waals surface area contributed by atoms with Gasteiger partial charge in [-0.1, -0.05) is 0 Å². The van der Waals surface area contributed by atoms with Crippen LogP contribution in [0, 0.1) is 0 Å². The van der Waals surface area contributed by atoms with Gasteiger partial charge in [0.1, 0.15) is 11.4 Å². The predicted molar refractivity (Wildman–Crippen MR) is 60.4 cm³/mol. The van der Waals surface area contributed by atoms with Crippen molar-refractivity contribution in [3.05, 3.63) is 23.8 Å². The molecule has 0 N–H and O–H groups in total. The third-order valence-electron chi connectivity index (χ3n) is 2.68. The number of ether oxygens (including phenoxy) is 1. The average molecular weight is 333 g/mol. The molecule has 1 aromatic rings. The van der Waals surface area contributed by atoms with E-state index in [9.17, 15) is 4.79 Å². The van der Waals surface area contributed by atoms with Crippen molar-refractivity contribution in [1.82, 2.24) is 4.48 Å². The molecular formula is C12H16INO2. The molecule has 0 spiro atoms. The molecule has 0 radical (unpaired) electrons. The Hall–Kier alpha value is -0.620. The molecule has 2 rings (SSSR count). The van der Waals surface area contributed by atoms with E-state index in [1.807, 2.05) is 18.2 Å². The van der Waals surface area contributed by atoms with Crippen LogP contribution in [0.4, 0.5) is 5.69 Å². The van der Waals surface area contributed by atoms with Crippen LogP contribution in [0.15, 0.2) is 18.2 Å². The van der Waals surface area contributed by atoms with E-state index in [2.05, 4.69) is 21.1 Å². The van der Waals surface area contributed by atoms with Crippen molar-refractivity contribution in [1.29, 1.82) is 0 Å². The summed E-state index contributed by atoms with van der Waals surface area (Å²) in [4.78, 5) is 11.7. The second-order valence-electron chi connectivity index (χ2n) is 4.82. The maximum absolute atomic E-state index is 11.7. The van der Waals surface area contributed by atoms with E-state index in [0.29, 0.717) is 15.8 Å². The molecule has 4 heteroatoms. The molecule has 1 aliphatic rings. The van der Waals surface area contributed by atoms with Crippen molar-refractivity contribution in [2.45, 2.75) is 13.0 Å². The predicted octanol–water partition coefficient (Wildman–Crippen LogP) is -1.15. The SMILES string of the molecule is CC1Oc2ccc([N+](C)(C)C)cc2C1=O.[I-]. The van der Waals surface area contributed by atoms with Crippen LogP contribution in [-0.4, -0.2) is 33.0 Å². The van der Waals surface area contributed by atoms with Crippen LogP contribution in [0.2, 0.25) is 0 Å². The average Bonchev–Trinajstić information content (AvgIpc) is 2.41. The first-order chi connectivity index (χ1) is 6.89. The summed E-state index contributed by atoms with van der Waals surface area (Å²) >= 11 is 0. The van der Waals surface area contributed by atoms with Crippen LogP contribution in [0.3, 0.4) is 0 Å². The zero-order valence-corrected chi connectivity index (χ0v) is 12.1. The highest BCUT2D eigenvalue weighted by atomic mass is 127. The van der Waals surface area contributed by atoms with Gasteiger partial charge < -0.3 is 28.7 Å². The molecule has 88 valence electrons. The normalized spacial score (nSPS) is 18.8. The van der Waals surface area contributed by atoms with Gasteiger partial charge in [-0.05, 0) is 13.0 Å². The fraction of sp³-hybridized carbons (Fsp3) is 0.417. The number of hydrogen-bond acceptors (Lipinski definition) is 2. The number of quaternary nitrogens is 1. The second kappa shape index (κ2) is 4.33. The summed E-state index contributed by atoms with van der Waals surface area (Å²) in [6.07, 6.45) is -0.331. The van der Waals surface area contributed by atoms with Gasteiger partial charge >= 0.3 is 0 Å². The van der Waals surface area contributed by atoms with E-state index in [-0.39, 0.29) is 35.9 Å². The number of nitrogens with zero attached hydrogens (tertiary/aromatic N) is 1.